The lowest BCUT2D eigenvalue weighted by atomic mass is 10.2. The molecular weight excluding hydrogens is 449 g/mol. The zero-order chi connectivity index (χ0) is 23.1. The highest BCUT2D eigenvalue weighted by molar-refractivity contribution is 6.33. The van der Waals surface area contributed by atoms with Crippen LogP contribution in [0.25, 0.3) is 0 Å². The molecule has 1 N–H and O–H groups in total. The van der Waals surface area contributed by atoms with Crippen molar-refractivity contribution in [3.05, 3.63) is 88.6 Å². The third-order valence-corrected chi connectivity index (χ3v) is 4.39. The Labute approximate surface area is 185 Å². The summed E-state index contributed by atoms with van der Waals surface area (Å²) in [4.78, 5) is 27.5. The van der Waals surface area contributed by atoms with E-state index in [1.54, 1.807) is 12.1 Å². The van der Waals surface area contributed by atoms with Gasteiger partial charge >= 0.3 is 12.1 Å². The fourth-order valence-electron chi connectivity index (χ4n) is 2.50. The number of nitrogens with zero attached hydrogens (tertiary/aromatic N) is 1. The van der Waals surface area contributed by atoms with E-state index < -0.39 is 35.2 Å². The summed E-state index contributed by atoms with van der Waals surface area (Å²) in [5.41, 5.74) is 0.128. The number of hydrogen-bond donors (Lipinski definition) is 1. The number of nitrogens with one attached hydrogen (secondary N) is 1. The Balaban J connectivity index is 1.49. The van der Waals surface area contributed by atoms with E-state index in [1.165, 1.54) is 12.1 Å². The normalized spacial score (nSPS) is 11.0. The molecule has 3 rings (SSSR count). The molecule has 0 bridgehead atoms. The first-order valence-corrected chi connectivity index (χ1v) is 9.56. The topological polar surface area (TPSA) is 77.5 Å². The molecule has 2 aromatic carbocycles. The highest BCUT2D eigenvalue weighted by Gasteiger charge is 2.31. The molecule has 166 valence electrons. The molecule has 0 aliphatic carbocycles. The number of hydrogen-bond acceptors (Lipinski definition) is 5. The van der Waals surface area contributed by atoms with Crippen LogP contribution in [0.3, 0.4) is 0 Å². The predicted octanol–water partition coefficient (Wildman–Crippen LogP) is 5.13. The third-order valence-electron chi connectivity index (χ3n) is 4.10. The number of esters is 1. The highest BCUT2D eigenvalue weighted by atomic mass is 35.5. The van der Waals surface area contributed by atoms with E-state index in [0.29, 0.717) is 24.6 Å². The first kappa shape index (κ1) is 23.1. The third kappa shape index (κ3) is 6.45. The van der Waals surface area contributed by atoms with Crippen LogP contribution in [0.1, 0.15) is 21.5 Å². The van der Waals surface area contributed by atoms with Gasteiger partial charge in [0, 0.05) is 6.20 Å². The summed E-state index contributed by atoms with van der Waals surface area (Å²) in [6.07, 6.45) is -4.08. The maximum absolute atomic E-state index is 12.6. The predicted molar refractivity (Wildman–Crippen MR) is 110 cm³/mol. The quantitative estimate of drug-likeness (QED) is 0.491. The van der Waals surface area contributed by atoms with E-state index >= 15 is 0 Å². The lowest BCUT2D eigenvalue weighted by Crippen LogP contribution is -2.22. The van der Waals surface area contributed by atoms with Gasteiger partial charge < -0.3 is 14.8 Å². The number of carbonyl (C=O) groups is 2. The first-order chi connectivity index (χ1) is 15.2. The summed E-state index contributed by atoms with van der Waals surface area (Å²) in [6, 6.07) is 16.3. The van der Waals surface area contributed by atoms with Crippen molar-refractivity contribution in [2.24, 2.45) is 0 Å². The van der Waals surface area contributed by atoms with Gasteiger partial charge in [-0.15, -0.1) is 0 Å². The molecule has 1 aromatic heterocycles. The van der Waals surface area contributed by atoms with E-state index in [1.807, 2.05) is 30.3 Å². The van der Waals surface area contributed by atoms with Crippen LogP contribution >= 0.6 is 11.6 Å². The number of ether oxygens (including phenoxy) is 2. The monoisotopic (exact) mass is 464 g/mol. The molecule has 3 aromatic rings. The molecule has 32 heavy (non-hydrogen) atoms. The molecule has 0 atom stereocenters. The Hall–Kier alpha value is -3.59. The molecule has 1 amide bonds. The molecule has 0 spiro atoms. The van der Waals surface area contributed by atoms with E-state index in [-0.39, 0.29) is 11.4 Å². The second-order valence-electron chi connectivity index (χ2n) is 6.48. The number of pyridine rings is 1. The fourth-order valence-corrected chi connectivity index (χ4v) is 2.71. The van der Waals surface area contributed by atoms with Crippen LogP contribution in [0.4, 0.5) is 19.0 Å². The second kappa shape index (κ2) is 10.1. The van der Waals surface area contributed by atoms with Crippen molar-refractivity contribution < 1.29 is 32.2 Å². The molecule has 6 nitrogen and oxygen atoms in total. The van der Waals surface area contributed by atoms with Crippen molar-refractivity contribution in [2.75, 3.05) is 11.9 Å². The number of carbonyl (C=O) groups excluding carboxylic acids is 2. The summed E-state index contributed by atoms with van der Waals surface area (Å²) in [6.45, 7) is -0.310. The number of anilines is 1. The Morgan fingerprint density at radius 3 is 2.34 bits per heavy atom. The minimum atomic E-state index is -4.61. The highest BCUT2D eigenvalue weighted by Crippen LogP contribution is 2.32. The van der Waals surface area contributed by atoms with Gasteiger partial charge in [-0.1, -0.05) is 41.9 Å². The SMILES string of the molecule is O=C(COC(=O)c1ccc(OCc2ccccc2)cc1)Nc1ncc(C(F)(F)F)cc1Cl. The molecule has 0 saturated heterocycles. The van der Waals surface area contributed by atoms with Gasteiger partial charge in [0.2, 0.25) is 0 Å². The van der Waals surface area contributed by atoms with Gasteiger partial charge in [0.15, 0.2) is 12.4 Å². The van der Waals surface area contributed by atoms with Crippen LogP contribution in [0.2, 0.25) is 5.02 Å². The summed E-state index contributed by atoms with van der Waals surface area (Å²) in [7, 11) is 0. The van der Waals surface area contributed by atoms with Crippen molar-refractivity contribution in [2.45, 2.75) is 12.8 Å². The molecule has 0 aliphatic rings. The average Bonchev–Trinajstić information content (AvgIpc) is 2.78. The van der Waals surface area contributed by atoms with Gasteiger partial charge in [-0.25, -0.2) is 9.78 Å². The van der Waals surface area contributed by atoms with Crippen molar-refractivity contribution in [1.29, 1.82) is 0 Å². The number of amides is 1. The number of halogens is 4. The summed E-state index contributed by atoms with van der Waals surface area (Å²) in [5, 5.41) is 1.79. The molecular formula is C22H16ClF3N2O4. The molecule has 0 fully saturated rings. The Morgan fingerprint density at radius 1 is 1.03 bits per heavy atom. The maximum Gasteiger partial charge on any atom is 0.417 e. The van der Waals surface area contributed by atoms with Crippen LogP contribution in [0.15, 0.2) is 66.9 Å². The number of alkyl halides is 3. The average molecular weight is 465 g/mol. The van der Waals surface area contributed by atoms with Crippen LogP contribution in [-0.4, -0.2) is 23.5 Å². The lowest BCUT2D eigenvalue weighted by molar-refractivity contribution is -0.137. The van der Waals surface area contributed by atoms with Crippen LogP contribution in [0.5, 0.6) is 5.75 Å². The molecule has 10 heteroatoms. The molecule has 0 aliphatic heterocycles. The minimum Gasteiger partial charge on any atom is -0.489 e. The van der Waals surface area contributed by atoms with Crippen molar-refractivity contribution in [3.63, 3.8) is 0 Å². The smallest absolute Gasteiger partial charge is 0.417 e. The lowest BCUT2D eigenvalue weighted by Gasteiger charge is -2.10. The Bertz CT molecular complexity index is 1090. The van der Waals surface area contributed by atoms with Gasteiger partial charge in [0.25, 0.3) is 5.91 Å². The van der Waals surface area contributed by atoms with E-state index in [2.05, 4.69) is 10.3 Å². The van der Waals surface area contributed by atoms with Crippen molar-refractivity contribution >= 4 is 29.3 Å². The van der Waals surface area contributed by atoms with Gasteiger partial charge in [0.05, 0.1) is 16.1 Å². The Morgan fingerprint density at radius 2 is 1.72 bits per heavy atom. The standard InChI is InChI=1S/C22H16ClF3N2O4/c23-18-10-16(22(24,25)26)11-27-20(18)28-19(29)13-32-21(30)15-6-8-17(9-7-15)31-12-14-4-2-1-3-5-14/h1-11H,12-13H2,(H,27,28,29). The minimum absolute atomic E-state index is 0.190. The zero-order valence-corrected chi connectivity index (χ0v) is 17.1. The molecule has 0 unspecified atom stereocenters. The second-order valence-corrected chi connectivity index (χ2v) is 6.88. The summed E-state index contributed by atoms with van der Waals surface area (Å²) in [5.74, 6) is -1.30. The summed E-state index contributed by atoms with van der Waals surface area (Å²) < 4.78 is 48.4. The van der Waals surface area contributed by atoms with E-state index in [4.69, 9.17) is 21.1 Å². The number of aromatic nitrogens is 1. The van der Waals surface area contributed by atoms with Gasteiger partial charge in [-0.3, -0.25) is 4.79 Å². The summed E-state index contributed by atoms with van der Waals surface area (Å²) >= 11 is 5.72. The first-order valence-electron chi connectivity index (χ1n) is 9.19. The number of benzene rings is 2. The van der Waals surface area contributed by atoms with Crippen LogP contribution in [0, 0.1) is 0 Å². The van der Waals surface area contributed by atoms with Gasteiger partial charge in [-0.2, -0.15) is 13.2 Å². The van der Waals surface area contributed by atoms with Crippen LogP contribution < -0.4 is 10.1 Å². The van der Waals surface area contributed by atoms with E-state index in [0.717, 1.165) is 5.56 Å². The van der Waals surface area contributed by atoms with Crippen molar-refractivity contribution in [1.82, 2.24) is 4.98 Å². The Kier molecular flexibility index (Phi) is 7.32. The zero-order valence-electron chi connectivity index (χ0n) is 16.4. The molecule has 0 saturated carbocycles. The van der Waals surface area contributed by atoms with Crippen LogP contribution in [-0.2, 0) is 22.3 Å². The largest absolute Gasteiger partial charge is 0.489 e. The van der Waals surface area contributed by atoms with Gasteiger partial charge in [-0.05, 0) is 35.9 Å². The van der Waals surface area contributed by atoms with E-state index in [9.17, 15) is 22.8 Å². The van der Waals surface area contributed by atoms with Crippen molar-refractivity contribution in [3.8, 4) is 5.75 Å². The molecule has 0 radical (unpaired) electrons. The fraction of sp³-hybridized carbons (Fsp3) is 0.136. The van der Waals surface area contributed by atoms with Gasteiger partial charge in [0.1, 0.15) is 12.4 Å². The number of rotatable bonds is 7. The maximum atomic E-state index is 12.6. The molecule has 1 heterocycles.